The van der Waals surface area contributed by atoms with Crippen molar-refractivity contribution in [2.45, 2.75) is 13.3 Å². The van der Waals surface area contributed by atoms with Crippen LogP contribution in [-0.4, -0.2) is 36.4 Å². The van der Waals surface area contributed by atoms with Gasteiger partial charge in [0.05, 0.1) is 0 Å². The standard InChI is InChI=1S/C12H17NO2/c1-9(14)11-5-4-10(12(15)8-11)6-7-13(2)3/h4-5,8,15H,6-7H2,1-3H3. The van der Waals surface area contributed by atoms with Gasteiger partial charge in [-0.1, -0.05) is 12.1 Å². The summed E-state index contributed by atoms with van der Waals surface area (Å²) in [6.07, 6.45) is 0.789. The number of carbonyl (C=O) groups excluding carboxylic acids is 1. The van der Waals surface area contributed by atoms with Crippen LogP contribution in [0.4, 0.5) is 0 Å². The molecular formula is C12H17NO2. The van der Waals surface area contributed by atoms with E-state index in [1.165, 1.54) is 13.0 Å². The fraction of sp³-hybridized carbons (Fsp3) is 0.417. The van der Waals surface area contributed by atoms with Gasteiger partial charge in [0, 0.05) is 12.1 Å². The van der Waals surface area contributed by atoms with Crippen LogP contribution in [0.25, 0.3) is 0 Å². The molecule has 0 radical (unpaired) electrons. The Kier molecular flexibility index (Phi) is 3.86. The lowest BCUT2D eigenvalue weighted by molar-refractivity contribution is 0.101. The van der Waals surface area contributed by atoms with Gasteiger partial charge in [-0.05, 0) is 39.1 Å². The third-order valence-corrected chi connectivity index (χ3v) is 2.32. The fourth-order valence-electron chi connectivity index (χ4n) is 1.34. The second-order valence-corrected chi connectivity index (χ2v) is 3.95. The second-order valence-electron chi connectivity index (χ2n) is 3.95. The van der Waals surface area contributed by atoms with Gasteiger partial charge in [-0.3, -0.25) is 4.79 Å². The van der Waals surface area contributed by atoms with E-state index in [4.69, 9.17) is 0 Å². The maximum absolute atomic E-state index is 11.1. The molecule has 15 heavy (non-hydrogen) atoms. The minimum Gasteiger partial charge on any atom is -0.508 e. The molecule has 0 unspecified atom stereocenters. The van der Waals surface area contributed by atoms with E-state index >= 15 is 0 Å². The Morgan fingerprint density at radius 1 is 1.40 bits per heavy atom. The maximum Gasteiger partial charge on any atom is 0.159 e. The first kappa shape index (κ1) is 11.7. The monoisotopic (exact) mass is 207 g/mol. The number of Topliss-reactive ketones (excluding diaryl/α,β-unsaturated/α-hetero) is 1. The van der Waals surface area contributed by atoms with Crippen LogP contribution in [0.3, 0.4) is 0 Å². The average Bonchev–Trinajstić information content (AvgIpc) is 2.15. The summed E-state index contributed by atoms with van der Waals surface area (Å²) in [5.74, 6) is 0.189. The topological polar surface area (TPSA) is 40.5 Å². The van der Waals surface area contributed by atoms with Gasteiger partial charge in [0.25, 0.3) is 0 Å². The zero-order valence-corrected chi connectivity index (χ0v) is 9.45. The number of likely N-dealkylation sites (N-methyl/N-ethyl adjacent to an activating group) is 1. The Balaban J connectivity index is 2.79. The highest BCUT2D eigenvalue weighted by Gasteiger charge is 2.05. The number of phenolic OH excluding ortho intramolecular Hbond substituents is 1. The largest absolute Gasteiger partial charge is 0.508 e. The Labute approximate surface area is 90.3 Å². The smallest absolute Gasteiger partial charge is 0.159 e. The molecule has 1 N–H and O–H groups in total. The lowest BCUT2D eigenvalue weighted by Crippen LogP contribution is -2.15. The van der Waals surface area contributed by atoms with E-state index in [0.717, 1.165) is 18.5 Å². The van der Waals surface area contributed by atoms with E-state index in [0.29, 0.717) is 5.56 Å². The normalized spacial score (nSPS) is 10.7. The van der Waals surface area contributed by atoms with Gasteiger partial charge in [-0.15, -0.1) is 0 Å². The fourth-order valence-corrected chi connectivity index (χ4v) is 1.34. The Bertz CT molecular complexity index is 359. The van der Waals surface area contributed by atoms with Crippen molar-refractivity contribution in [2.24, 2.45) is 0 Å². The highest BCUT2D eigenvalue weighted by Crippen LogP contribution is 2.19. The molecule has 0 heterocycles. The van der Waals surface area contributed by atoms with Crippen molar-refractivity contribution < 1.29 is 9.90 Å². The van der Waals surface area contributed by atoms with Crippen LogP contribution < -0.4 is 0 Å². The van der Waals surface area contributed by atoms with Crippen LogP contribution in [0.5, 0.6) is 5.75 Å². The Hall–Kier alpha value is -1.35. The van der Waals surface area contributed by atoms with E-state index in [1.807, 2.05) is 20.2 Å². The summed E-state index contributed by atoms with van der Waals surface area (Å²) in [6.45, 7) is 2.38. The molecule has 0 aromatic heterocycles. The number of hydrogen-bond donors (Lipinski definition) is 1. The summed E-state index contributed by atoms with van der Waals surface area (Å²) in [4.78, 5) is 13.1. The van der Waals surface area contributed by atoms with E-state index in [2.05, 4.69) is 4.90 Å². The van der Waals surface area contributed by atoms with Crippen molar-refractivity contribution in [3.05, 3.63) is 29.3 Å². The third kappa shape index (κ3) is 3.36. The lowest BCUT2D eigenvalue weighted by Gasteiger charge is -2.10. The summed E-state index contributed by atoms with van der Waals surface area (Å²) < 4.78 is 0. The Morgan fingerprint density at radius 3 is 2.53 bits per heavy atom. The number of benzene rings is 1. The SMILES string of the molecule is CC(=O)c1ccc(CCN(C)C)c(O)c1. The van der Waals surface area contributed by atoms with Crippen LogP contribution in [0.1, 0.15) is 22.8 Å². The number of hydrogen-bond acceptors (Lipinski definition) is 3. The van der Waals surface area contributed by atoms with Crippen molar-refractivity contribution in [1.29, 1.82) is 0 Å². The highest BCUT2D eigenvalue weighted by atomic mass is 16.3. The molecule has 0 aliphatic heterocycles. The van der Waals surface area contributed by atoms with Crippen molar-refractivity contribution in [2.75, 3.05) is 20.6 Å². The Morgan fingerprint density at radius 2 is 2.07 bits per heavy atom. The van der Waals surface area contributed by atoms with Crippen molar-refractivity contribution >= 4 is 5.78 Å². The molecule has 1 aromatic rings. The molecule has 1 rings (SSSR count). The first-order valence-corrected chi connectivity index (χ1v) is 4.98. The number of carbonyl (C=O) groups is 1. The predicted octanol–water partition coefficient (Wildman–Crippen LogP) is 1.70. The van der Waals surface area contributed by atoms with Gasteiger partial charge < -0.3 is 10.0 Å². The molecule has 0 bridgehead atoms. The number of ketones is 1. The van der Waals surface area contributed by atoms with Crippen LogP contribution in [0, 0.1) is 0 Å². The highest BCUT2D eigenvalue weighted by molar-refractivity contribution is 5.94. The van der Waals surface area contributed by atoms with Gasteiger partial charge in [0.15, 0.2) is 5.78 Å². The van der Waals surface area contributed by atoms with Gasteiger partial charge in [-0.2, -0.15) is 0 Å². The number of aromatic hydroxyl groups is 1. The van der Waals surface area contributed by atoms with Crippen molar-refractivity contribution in [3.8, 4) is 5.75 Å². The minimum atomic E-state index is -0.0236. The van der Waals surface area contributed by atoms with E-state index < -0.39 is 0 Å². The zero-order chi connectivity index (χ0) is 11.4. The zero-order valence-electron chi connectivity index (χ0n) is 9.45. The molecule has 0 saturated heterocycles. The summed E-state index contributed by atoms with van der Waals surface area (Å²) in [5.41, 5.74) is 1.44. The van der Waals surface area contributed by atoms with Crippen LogP contribution in [0.2, 0.25) is 0 Å². The van der Waals surface area contributed by atoms with Gasteiger partial charge in [0.1, 0.15) is 5.75 Å². The molecule has 1 aromatic carbocycles. The minimum absolute atomic E-state index is 0.0236. The summed E-state index contributed by atoms with van der Waals surface area (Å²) in [6, 6.07) is 5.11. The van der Waals surface area contributed by atoms with Crippen LogP contribution in [0.15, 0.2) is 18.2 Å². The molecule has 0 fully saturated rings. The molecule has 0 atom stereocenters. The lowest BCUT2D eigenvalue weighted by atomic mass is 10.1. The van der Waals surface area contributed by atoms with Gasteiger partial charge in [0.2, 0.25) is 0 Å². The number of nitrogens with zero attached hydrogens (tertiary/aromatic N) is 1. The van der Waals surface area contributed by atoms with Crippen molar-refractivity contribution in [1.82, 2.24) is 4.90 Å². The molecule has 3 heteroatoms. The summed E-state index contributed by atoms with van der Waals surface area (Å²) in [7, 11) is 3.97. The molecule has 0 aliphatic rings. The van der Waals surface area contributed by atoms with Gasteiger partial charge >= 0.3 is 0 Å². The molecule has 0 saturated carbocycles. The molecule has 3 nitrogen and oxygen atoms in total. The molecular weight excluding hydrogens is 190 g/mol. The first-order valence-electron chi connectivity index (χ1n) is 4.98. The molecule has 0 amide bonds. The van der Waals surface area contributed by atoms with E-state index in [-0.39, 0.29) is 11.5 Å². The third-order valence-electron chi connectivity index (χ3n) is 2.32. The maximum atomic E-state index is 11.1. The number of phenols is 1. The van der Waals surface area contributed by atoms with E-state index in [9.17, 15) is 9.90 Å². The predicted molar refractivity (Wildman–Crippen MR) is 60.4 cm³/mol. The quantitative estimate of drug-likeness (QED) is 0.764. The average molecular weight is 207 g/mol. The molecule has 0 aliphatic carbocycles. The summed E-state index contributed by atoms with van der Waals surface area (Å²) >= 11 is 0. The van der Waals surface area contributed by atoms with Crippen molar-refractivity contribution in [3.63, 3.8) is 0 Å². The molecule has 82 valence electrons. The first-order chi connectivity index (χ1) is 7.00. The van der Waals surface area contributed by atoms with Gasteiger partial charge in [-0.25, -0.2) is 0 Å². The summed E-state index contributed by atoms with van der Waals surface area (Å²) in [5, 5.41) is 9.68. The van der Waals surface area contributed by atoms with E-state index in [1.54, 1.807) is 6.07 Å². The van der Waals surface area contributed by atoms with Crippen LogP contribution in [-0.2, 0) is 6.42 Å². The number of rotatable bonds is 4. The molecule has 0 spiro atoms. The van der Waals surface area contributed by atoms with Crippen LogP contribution >= 0.6 is 0 Å². The second kappa shape index (κ2) is 4.94.